The summed E-state index contributed by atoms with van der Waals surface area (Å²) in [5.74, 6) is -0.0855. The molecule has 1 aliphatic heterocycles. The highest BCUT2D eigenvalue weighted by molar-refractivity contribution is 6.22. The van der Waals surface area contributed by atoms with E-state index >= 15 is 0 Å². The van der Waals surface area contributed by atoms with Gasteiger partial charge >= 0.3 is 6.29 Å². The van der Waals surface area contributed by atoms with Crippen molar-refractivity contribution in [2.75, 3.05) is 0 Å². The van der Waals surface area contributed by atoms with E-state index in [0.29, 0.717) is 5.56 Å². The molecule has 0 aromatic heterocycles. The van der Waals surface area contributed by atoms with Gasteiger partial charge in [-0.2, -0.15) is 5.26 Å². The third-order valence-corrected chi connectivity index (χ3v) is 2.30. The molecule has 0 N–H and O–H groups in total. The summed E-state index contributed by atoms with van der Waals surface area (Å²) in [4.78, 5) is 0. The summed E-state index contributed by atoms with van der Waals surface area (Å²) >= 11 is 5.63. The standard InChI is InChI=1S/C10H6ClF2NO2/c11-7(5-14)4-6-2-1-3-8-9(6)16-10(12,13)15-8/h1-3,7H,4H2. The molecule has 0 fully saturated rings. The lowest BCUT2D eigenvalue weighted by Gasteiger charge is -2.07. The molecule has 0 spiro atoms. The van der Waals surface area contributed by atoms with Crippen molar-refractivity contribution in [1.82, 2.24) is 0 Å². The van der Waals surface area contributed by atoms with Gasteiger partial charge in [0.15, 0.2) is 11.5 Å². The van der Waals surface area contributed by atoms with Crippen LogP contribution in [0.2, 0.25) is 0 Å². The van der Waals surface area contributed by atoms with Crippen molar-refractivity contribution in [3.63, 3.8) is 0 Å². The largest absolute Gasteiger partial charge is 0.586 e. The Bertz CT molecular complexity index is 459. The maximum absolute atomic E-state index is 12.8. The Morgan fingerprint density at radius 3 is 2.88 bits per heavy atom. The highest BCUT2D eigenvalue weighted by Gasteiger charge is 2.44. The molecule has 6 heteroatoms. The molecule has 1 unspecified atom stereocenters. The fraction of sp³-hybridized carbons (Fsp3) is 0.300. The van der Waals surface area contributed by atoms with Crippen molar-refractivity contribution in [2.24, 2.45) is 0 Å². The first-order valence-corrected chi connectivity index (χ1v) is 4.87. The number of hydrogen-bond acceptors (Lipinski definition) is 3. The van der Waals surface area contributed by atoms with E-state index in [4.69, 9.17) is 16.9 Å². The second kappa shape index (κ2) is 3.80. The molecule has 0 saturated carbocycles. The molecule has 0 saturated heterocycles. The van der Waals surface area contributed by atoms with Crippen LogP contribution in [-0.4, -0.2) is 11.7 Å². The molecular formula is C10H6ClF2NO2. The number of fused-ring (bicyclic) bond motifs is 1. The number of halogens is 3. The molecule has 0 radical (unpaired) electrons. The number of nitrogens with zero attached hydrogens (tertiary/aromatic N) is 1. The molecule has 0 bridgehead atoms. The number of alkyl halides is 3. The van der Waals surface area contributed by atoms with E-state index in [2.05, 4.69) is 9.47 Å². The van der Waals surface area contributed by atoms with Gasteiger partial charge in [-0.25, -0.2) is 0 Å². The minimum atomic E-state index is -3.65. The summed E-state index contributed by atoms with van der Waals surface area (Å²) < 4.78 is 34.2. The first-order valence-electron chi connectivity index (χ1n) is 4.43. The molecule has 3 nitrogen and oxygen atoms in total. The van der Waals surface area contributed by atoms with E-state index in [9.17, 15) is 8.78 Å². The van der Waals surface area contributed by atoms with Crippen molar-refractivity contribution < 1.29 is 18.3 Å². The number of nitriles is 1. The highest BCUT2D eigenvalue weighted by atomic mass is 35.5. The number of benzene rings is 1. The third-order valence-electron chi connectivity index (χ3n) is 2.05. The van der Waals surface area contributed by atoms with Crippen LogP contribution in [0.1, 0.15) is 5.56 Å². The van der Waals surface area contributed by atoms with Gasteiger partial charge in [0.1, 0.15) is 5.38 Å². The Morgan fingerprint density at radius 2 is 2.19 bits per heavy atom. The van der Waals surface area contributed by atoms with Crippen LogP contribution in [0.3, 0.4) is 0 Å². The Hall–Kier alpha value is -1.54. The first kappa shape index (κ1) is 11.0. The molecule has 84 valence electrons. The van der Waals surface area contributed by atoms with Crippen molar-refractivity contribution in [3.8, 4) is 17.6 Å². The minimum absolute atomic E-state index is 0.0377. The topological polar surface area (TPSA) is 42.2 Å². The smallest absolute Gasteiger partial charge is 0.395 e. The number of ether oxygens (including phenoxy) is 2. The molecule has 16 heavy (non-hydrogen) atoms. The Morgan fingerprint density at radius 1 is 1.44 bits per heavy atom. The molecule has 1 aromatic rings. The van der Waals surface area contributed by atoms with Crippen LogP contribution in [0.25, 0.3) is 0 Å². The summed E-state index contributed by atoms with van der Waals surface area (Å²) in [7, 11) is 0. The van der Waals surface area contributed by atoms with E-state index in [1.165, 1.54) is 6.07 Å². The summed E-state index contributed by atoms with van der Waals surface area (Å²) in [5.41, 5.74) is 0.427. The zero-order valence-electron chi connectivity index (χ0n) is 7.91. The van der Waals surface area contributed by atoms with E-state index in [1.54, 1.807) is 18.2 Å². The average molecular weight is 246 g/mol. The van der Waals surface area contributed by atoms with Gasteiger partial charge in [0.25, 0.3) is 0 Å². The van der Waals surface area contributed by atoms with Crippen LogP contribution in [0.5, 0.6) is 11.5 Å². The van der Waals surface area contributed by atoms with Crippen molar-refractivity contribution in [3.05, 3.63) is 23.8 Å². The van der Waals surface area contributed by atoms with Crippen LogP contribution in [0.4, 0.5) is 8.78 Å². The van der Waals surface area contributed by atoms with Crippen LogP contribution in [0, 0.1) is 11.3 Å². The molecule has 1 heterocycles. The zero-order chi connectivity index (χ0) is 11.8. The maximum atomic E-state index is 12.8. The van der Waals surface area contributed by atoms with Gasteiger partial charge in [-0.15, -0.1) is 20.4 Å². The fourth-order valence-electron chi connectivity index (χ4n) is 1.42. The Balaban J connectivity index is 2.31. The van der Waals surface area contributed by atoms with Gasteiger partial charge in [-0.3, -0.25) is 0 Å². The lowest BCUT2D eigenvalue weighted by molar-refractivity contribution is -0.286. The van der Waals surface area contributed by atoms with E-state index in [0.717, 1.165) is 0 Å². The SMILES string of the molecule is N#CC(Cl)Cc1cccc2c1OC(F)(F)O2. The monoisotopic (exact) mass is 245 g/mol. The lowest BCUT2D eigenvalue weighted by Crippen LogP contribution is -2.26. The van der Waals surface area contributed by atoms with Gasteiger partial charge in [-0.05, 0) is 6.07 Å². The molecular weight excluding hydrogens is 240 g/mol. The molecule has 0 amide bonds. The lowest BCUT2D eigenvalue weighted by atomic mass is 10.1. The van der Waals surface area contributed by atoms with Crippen LogP contribution in [0.15, 0.2) is 18.2 Å². The quantitative estimate of drug-likeness (QED) is 0.753. The average Bonchev–Trinajstić information content (AvgIpc) is 2.53. The Kier molecular flexibility index (Phi) is 2.60. The van der Waals surface area contributed by atoms with Crippen LogP contribution in [-0.2, 0) is 6.42 Å². The molecule has 2 rings (SSSR count). The summed E-state index contributed by atoms with van der Waals surface area (Å²) in [6.07, 6.45) is -3.52. The second-order valence-electron chi connectivity index (χ2n) is 3.21. The minimum Gasteiger partial charge on any atom is -0.395 e. The van der Waals surface area contributed by atoms with Gasteiger partial charge in [0, 0.05) is 12.0 Å². The van der Waals surface area contributed by atoms with Crippen molar-refractivity contribution in [2.45, 2.75) is 18.1 Å². The van der Waals surface area contributed by atoms with E-state index in [-0.39, 0.29) is 17.9 Å². The number of para-hydroxylation sites is 1. The van der Waals surface area contributed by atoms with Gasteiger partial charge < -0.3 is 9.47 Å². The van der Waals surface area contributed by atoms with Gasteiger partial charge in [-0.1, -0.05) is 12.1 Å². The molecule has 0 aliphatic carbocycles. The predicted molar refractivity (Wildman–Crippen MR) is 51.6 cm³/mol. The highest BCUT2D eigenvalue weighted by Crippen LogP contribution is 2.43. The summed E-state index contributed by atoms with van der Waals surface area (Å²) in [6, 6.07) is 6.28. The fourth-order valence-corrected chi connectivity index (χ4v) is 1.59. The summed E-state index contributed by atoms with van der Waals surface area (Å²) in [5, 5.41) is 7.76. The molecule has 1 atom stereocenters. The van der Waals surface area contributed by atoms with Crippen molar-refractivity contribution in [1.29, 1.82) is 5.26 Å². The Labute approximate surface area is 95.1 Å². The predicted octanol–water partition coefficient (Wildman–Crippen LogP) is 2.68. The van der Waals surface area contributed by atoms with Gasteiger partial charge in [0.05, 0.1) is 6.07 Å². The number of hydrogen-bond donors (Lipinski definition) is 0. The van der Waals surface area contributed by atoms with Crippen LogP contribution >= 0.6 is 11.6 Å². The molecule has 1 aliphatic rings. The van der Waals surface area contributed by atoms with E-state index < -0.39 is 11.7 Å². The number of rotatable bonds is 2. The normalized spacial score (nSPS) is 17.9. The summed E-state index contributed by atoms with van der Waals surface area (Å²) in [6.45, 7) is 0. The van der Waals surface area contributed by atoms with E-state index in [1.807, 2.05) is 0 Å². The van der Waals surface area contributed by atoms with Crippen LogP contribution < -0.4 is 9.47 Å². The second-order valence-corrected chi connectivity index (χ2v) is 3.74. The molecule has 1 aromatic carbocycles. The first-order chi connectivity index (χ1) is 7.52. The van der Waals surface area contributed by atoms with Crippen molar-refractivity contribution >= 4 is 11.6 Å². The zero-order valence-corrected chi connectivity index (χ0v) is 8.67. The third kappa shape index (κ3) is 2.02. The van der Waals surface area contributed by atoms with Gasteiger partial charge in [0.2, 0.25) is 0 Å². The maximum Gasteiger partial charge on any atom is 0.586 e.